The lowest BCUT2D eigenvalue weighted by atomic mass is 10.1. The van der Waals surface area contributed by atoms with E-state index in [2.05, 4.69) is 26.3 Å². The third-order valence-electron chi connectivity index (χ3n) is 5.32. The molecule has 0 unspecified atom stereocenters. The highest BCUT2D eigenvalue weighted by atomic mass is 19.4. The van der Waals surface area contributed by atoms with Gasteiger partial charge in [0.05, 0.1) is 5.56 Å². The molecular weight excluding hydrogens is 506 g/mol. The molecule has 38 heavy (non-hydrogen) atoms. The number of hydrogen-bond donors (Lipinski definition) is 4. The van der Waals surface area contributed by atoms with Crippen molar-refractivity contribution in [2.24, 2.45) is 5.92 Å². The Bertz CT molecular complexity index is 1340. The molecule has 1 fully saturated rings. The van der Waals surface area contributed by atoms with Crippen LogP contribution in [0.15, 0.2) is 54.7 Å². The molecule has 3 amide bonds. The van der Waals surface area contributed by atoms with Crippen LogP contribution < -0.4 is 26.0 Å². The number of hydrogen-bond acceptors (Lipinski definition) is 5. The van der Waals surface area contributed by atoms with Gasteiger partial charge in [0.25, 0.3) is 0 Å². The van der Waals surface area contributed by atoms with Crippen molar-refractivity contribution in [1.29, 1.82) is 0 Å². The molecule has 4 rings (SSSR count). The predicted octanol–water partition coefficient (Wildman–Crippen LogP) is 6.84. The summed E-state index contributed by atoms with van der Waals surface area (Å²) in [5, 5.41) is 10.3. The molecule has 1 saturated carbocycles. The zero-order chi connectivity index (χ0) is 27.4. The summed E-state index contributed by atoms with van der Waals surface area (Å²) in [7, 11) is 0. The summed E-state index contributed by atoms with van der Waals surface area (Å²) >= 11 is 0. The predicted molar refractivity (Wildman–Crippen MR) is 135 cm³/mol. The second-order valence-corrected chi connectivity index (χ2v) is 9.06. The van der Waals surface area contributed by atoms with Crippen LogP contribution in [-0.4, -0.2) is 23.0 Å². The molecule has 4 N–H and O–H groups in total. The Labute approximate surface area is 215 Å². The summed E-state index contributed by atoms with van der Waals surface area (Å²) in [5.74, 6) is -0.583. The third-order valence-corrected chi connectivity index (χ3v) is 5.32. The summed E-state index contributed by atoms with van der Waals surface area (Å²) in [6, 6.07) is 8.71. The van der Waals surface area contributed by atoms with Crippen LogP contribution in [0.4, 0.5) is 45.2 Å². The van der Waals surface area contributed by atoms with Gasteiger partial charge in [0.15, 0.2) is 11.6 Å². The number of pyridine rings is 1. The molecule has 0 spiro atoms. The van der Waals surface area contributed by atoms with E-state index in [1.807, 2.05) is 0 Å². The molecule has 0 radical (unpaired) electrons. The number of alkyl halides is 3. The van der Waals surface area contributed by atoms with Gasteiger partial charge in [-0.05, 0) is 63.1 Å². The Morgan fingerprint density at radius 1 is 0.947 bits per heavy atom. The number of benzene rings is 2. The van der Waals surface area contributed by atoms with Gasteiger partial charge in [-0.3, -0.25) is 4.79 Å². The number of halogens is 4. The van der Waals surface area contributed by atoms with Crippen LogP contribution in [0.2, 0.25) is 0 Å². The molecule has 1 aliphatic carbocycles. The average molecular weight is 532 g/mol. The summed E-state index contributed by atoms with van der Waals surface area (Å²) in [4.78, 5) is 28.4. The van der Waals surface area contributed by atoms with Gasteiger partial charge in [0.2, 0.25) is 5.91 Å². The number of carbonyl (C=O) groups excluding carboxylic acids is 2. The lowest BCUT2D eigenvalue weighted by Crippen LogP contribution is -2.20. The molecule has 1 aliphatic rings. The van der Waals surface area contributed by atoms with E-state index >= 15 is 0 Å². The number of nitrogens with zero attached hydrogens (tertiary/aromatic N) is 1. The maximum Gasteiger partial charge on any atom is 0.416 e. The number of nitrogens with one attached hydrogen (secondary N) is 4. The molecule has 200 valence electrons. The topological polar surface area (TPSA) is 104 Å². The SMILES string of the molecule is CC(C)Nc1cc(NC(=O)Nc2ccc(Oc3ccnc(NC(=O)C4CC4)c3)c(F)c2)cc(C(F)(F)F)c1. The van der Waals surface area contributed by atoms with Crippen molar-refractivity contribution in [3.63, 3.8) is 0 Å². The number of carbonyl (C=O) groups is 2. The van der Waals surface area contributed by atoms with Crippen LogP contribution in [0.25, 0.3) is 0 Å². The molecule has 0 atom stereocenters. The lowest BCUT2D eigenvalue weighted by molar-refractivity contribution is -0.137. The van der Waals surface area contributed by atoms with Crippen LogP contribution in [0.1, 0.15) is 32.3 Å². The van der Waals surface area contributed by atoms with Crippen molar-refractivity contribution in [2.45, 2.75) is 38.9 Å². The minimum absolute atomic E-state index is 0.0107. The van der Waals surface area contributed by atoms with E-state index < -0.39 is 23.6 Å². The van der Waals surface area contributed by atoms with E-state index in [9.17, 15) is 27.2 Å². The Morgan fingerprint density at radius 3 is 2.32 bits per heavy atom. The maximum atomic E-state index is 14.7. The van der Waals surface area contributed by atoms with E-state index in [1.54, 1.807) is 13.8 Å². The number of anilines is 4. The normalized spacial score (nSPS) is 13.1. The minimum Gasteiger partial charge on any atom is -0.454 e. The van der Waals surface area contributed by atoms with E-state index in [-0.39, 0.29) is 52.2 Å². The number of amides is 3. The molecule has 8 nitrogen and oxygen atoms in total. The zero-order valence-corrected chi connectivity index (χ0v) is 20.4. The number of rotatable bonds is 8. The number of ether oxygens (including phenoxy) is 1. The zero-order valence-electron chi connectivity index (χ0n) is 20.4. The van der Waals surface area contributed by atoms with Crippen molar-refractivity contribution in [3.8, 4) is 11.5 Å². The van der Waals surface area contributed by atoms with Gasteiger partial charge < -0.3 is 26.0 Å². The Morgan fingerprint density at radius 2 is 1.66 bits per heavy atom. The molecule has 1 aromatic heterocycles. The monoisotopic (exact) mass is 531 g/mol. The van der Waals surface area contributed by atoms with Crippen molar-refractivity contribution in [3.05, 3.63) is 66.1 Å². The molecule has 2 aromatic carbocycles. The first-order chi connectivity index (χ1) is 18.0. The number of aromatic nitrogens is 1. The van der Waals surface area contributed by atoms with Crippen LogP contribution in [0, 0.1) is 11.7 Å². The van der Waals surface area contributed by atoms with Crippen LogP contribution in [-0.2, 0) is 11.0 Å². The van der Waals surface area contributed by atoms with Crippen LogP contribution >= 0.6 is 0 Å². The Kier molecular flexibility index (Phi) is 7.70. The smallest absolute Gasteiger partial charge is 0.416 e. The summed E-state index contributed by atoms with van der Waals surface area (Å²) < 4.78 is 60.1. The van der Waals surface area contributed by atoms with E-state index in [1.165, 1.54) is 36.5 Å². The highest BCUT2D eigenvalue weighted by Crippen LogP contribution is 2.34. The molecule has 0 bridgehead atoms. The second kappa shape index (κ2) is 11.0. The van der Waals surface area contributed by atoms with Gasteiger partial charge in [0.1, 0.15) is 11.6 Å². The average Bonchev–Trinajstić information content (AvgIpc) is 3.66. The van der Waals surface area contributed by atoms with Crippen molar-refractivity contribution >= 4 is 34.8 Å². The first kappa shape index (κ1) is 26.7. The van der Waals surface area contributed by atoms with Gasteiger partial charge >= 0.3 is 12.2 Å². The molecule has 1 heterocycles. The summed E-state index contributed by atoms with van der Waals surface area (Å²) in [6.45, 7) is 3.53. The van der Waals surface area contributed by atoms with E-state index in [0.717, 1.165) is 31.0 Å². The summed E-state index contributed by atoms with van der Waals surface area (Å²) in [6.07, 6.45) is -1.53. The Balaban J connectivity index is 1.41. The quantitative estimate of drug-likeness (QED) is 0.238. The van der Waals surface area contributed by atoms with Gasteiger partial charge in [-0.25, -0.2) is 14.2 Å². The van der Waals surface area contributed by atoms with Crippen molar-refractivity contribution in [2.75, 3.05) is 21.3 Å². The molecule has 12 heteroatoms. The van der Waals surface area contributed by atoms with Crippen LogP contribution in [0.5, 0.6) is 11.5 Å². The molecule has 0 saturated heterocycles. The van der Waals surface area contributed by atoms with E-state index in [0.29, 0.717) is 0 Å². The fraction of sp³-hybridized carbons (Fsp3) is 0.269. The largest absolute Gasteiger partial charge is 0.454 e. The molecular formula is C26H25F4N5O3. The molecule has 3 aromatic rings. The Hall–Kier alpha value is -4.35. The fourth-order valence-electron chi connectivity index (χ4n) is 3.48. The lowest BCUT2D eigenvalue weighted by Gasteiger charge is -2.16. The molecule has 0 aliphatic heterocycles. The fourth-order valence-corrected chi connectivity index (χ4v) is 3.48. The highest BCUT2D eigenvalue weighted by molar-refractivity contribution is 6.00. The highest BCUT2D eigenvalue weighted by Gasteiger charge is 2.32. The minimum atomic E-state index is -4.61. The number of urea groups is 1. The van der Waals surface area contributed by atoms with Crippen molar-refractivity contribution < 1.29 is 31.9 Å². The van der Waals surface area contributed by atoms with Gasteiger partial charge in [0, 0.05) is 47.4 Å². The van der Waals surface area contributed by atoms with Gasteiger partial charge in [-0.1, -0.05) is 0 Å². The first-order valence-corrected chi connectivity index (χ1v) is 11.8. The van der Waals surface area contributed by atoms with Gasteiger partial charge in [-0.2, -0.15) is 13.2 Å². The van der Waals surface area contributed by atoms with Crippen molar-refractivity contribution in [1.82, 2.24) is 4.98 Å². The third kappa shape index (κ3) is 7.34. The summed E-state index contributed by atoms with van der Waals surface area (Å²) in [5.41, 5.74) is -0.795. The first-order valence-electron chi connectivity index (χ1n) is 11.8. The maximum absolute atomic E-state index is 14.7. The van der Waals surface area contributed by atoms with E-state index in [4.69, 9.17) is 4.74 Å². The van der Waals surface area contributed by atoms with Crippen LogP contribution in [0.3, 0.4) is 0 Å². The standard InChI is InChI=1S/C26H25F4N5O3/c1-14(2)32-18-9-16(26(28,29)30)10-19(11-18)34-25(37)33-17-5-6-22(21(27)12-17)38-20-7-8-31-23(13-20)35-24(36)15-3-4-15/h5-15,32H,3-4H2,1-2H3,(H,31,35,36)(H2,33,34,37). The van der Waals surface area contributed by atoms with Gasteiger partial charge in [-0.15, -0.1) is 0 Å². The second-order valence-electron chi connectivity index (χ2n) is 9.06.